The van der Waals surface area contributed by atoms with Gasteiger partial charge in [0.2, 0.25) is 0 Å². The van der Waals surface area contributed by atoms with Crippen molar-refractivity contribution in [2.75, 3.05) is 0 Å². The minimum atomic E-state index is -0.633. The van der Waals surface area contributed by atoms with E-state index in [2.05, 4.69) is 5.32 Å². The highest BCUT2D eigenvalue weighted by molar-refractivity contribution is 6.33. The number of rotatable bonds is 6. The molecule has 142 valence electrons. The van der Waals surface area contributed by atoms with Crippen LogP contribution in [-0.4, -0.2) is 11.9 Å². The van der Waals surface area contributed by atoms with Crippen molar-refractivity contribution >= 4 is 23.5 Å². The van der Waals surface area contributed by atoms with E-state index in [1.54, 1.807) is 36.4 Å². The normalized spacial score (nSPS) is 11.5. The molecule has 0 aliphatic rings. The molecule has 3 aromatic carbocycles. The highest BCUT2D eigenvalue weighted by Gasteiger charge is 2.21. The van der Waals surface area contributed by atoms with Crippen molar-refractivity contribution in [3.63, 3.8) is 0 Å². The smallest absolute Gasteiger partial charge is 0.313 e. The van der Waals surface area contributed by atoms with Crippen LogP contribution in [0.25, 0.3) is 0 Å². The molecule has 4 nitrogen and oxygen atoms in total. The monoisotopic (exact) mass is 397 g/mol. The SMILES string of the molecule is O=C(CC(NC(=O)c1ccccc1Cl)c1ccccc1)Oc1cccc(F)c1. The predicted octanol–water partition coefficient (Wildman–Crippen LogP) is 4.95. The number of ether oxygens (including phenoxy) is 1. The Bertz CT molecular complexity index is 978. The summed E-state index contributed by atoms with van der Waals surface area (Å²) < 4.78 is 18.5. The minimum Gasteiger partial charge on any atom is -0.426 e. The molecule has 3 aromatic rings. The van der Waals surface area contributed by atoms with Gasteiger partial charge in [-0.1, -0.05) is 60.1 Å². The largest absolute Gasteiger partial charge is 0.426 e. The van der Waals surface area contributed by atoms with Gasteiger partial charge in [0.15, 0.2) is 0 Å². The maximum Gasteiger partial charge on any atom is 0.313 e. The van der Waals surface area contributed by atoms with Crippen LogP contribution < -0.4 is 10.1 Å². The van der Waals surface area contributed by atoms with E-state index in [0.29, 0.717) is 10.6 Å². The Morgan fingerprint density at radius 3 is 2.39 bits per heavy atom. The van der Waals surface area contributed by atoms with E-state index in [4.69, 9.17) is 16.3 Å². The fraction of sp³-hybridized carbons (Fsp3) is 0.0909. The maximum atomic E-state index is 13.3. The molecule has 1 atom stereocenters. The zero-order valence-corrected chi connectivity index (χ0v) is 15.5. The van der Waals surface area contributed by atoms with Crippen molar-refractivity contribution in [1.29, 1.82) is 0 Å². The molecule has 0 bridgehead atoms. The van der Waals surface area contributed by atoms with E-state index in [1.165, 1.54) is 18.2 Å². The van der Waals surface area contributed by atoms with E-state index in [1.807, 2.05) is 18.2 Å². The van der Waals surface area contributed by atoms with Gasteiger partial charge < -0.3 is 10.1 Å². The second-order valence-electron chi connectivity index (χ2n) is 6.05. The van der Waals surface area contributed by atoms with Crippen LogP contribution in [0.2, 0.25) is 5.02 Å². The van der Waals surface area contributed by atoms with Gasteiger partial charge in [-0.3, -0.25) is 9.59 Å². The Labute approximate surface area is 166 Å². The van der Waals surface area contributed by atoms with Crippen LogP contribution in [0.1, 0.15) is 28.4 Å². The lowest BCUT2D eigenvalue weighted by molar-refractivity contribution is -0.134. The van der Waals surface area contributed by atoms with Gasteiger partial charge in [0.1, 0.15) is 11.6 Å². The van der Waals surface area contributed by atoms with Crippen molar-refractivity contribution in [1.82, 2.24) is 5.32 Å². The molecule has 0 radical (unpaired) electrons. The van der Waals surface area contributed by atoms with Crippen LogP contribution in [0, 0.1) is 5.82 Å². The molecule has 1 N–H and O–H groups in total. The molecule has 0 aromatic heterocycles. The highest BCUT2D eigenvalue weighted by Crippen LogP contribution is 2.22. The summed E-state index contributed by atoms with van der Waals surface area (Å²) in [6, 6.07) is 20.4. The van der Waals surface area contributed by atoms with Crippen molar-refractivity contribution < 1.29 is 18.7 Å². The van der Waals surface area contributed by atoms with Crippen molar-refractivity contribution in [3.8, 4) is 5.75 Å². The Balaban J connectivity index is 1.77. The molecule has 0 spiro atoms. The molecule has 1 amide bonds. The molecular formula is C22H17ClFNO3. The summed E-state index contributed by atoms with van der Waals surface area (Å²) in [6.07, 6.45) is -0.128. The zero-order valence-electron chi connectivity index (χ0n) is 14.8. The van der Waals surface area contributed by atoms with Crippen LogP contribution in [0.3, 0.4) is 0 Å². The van der Waals surface area contributed by atoms with E-state index in [9.17, 15) is 14.0 Å². The molecule has 28 heavy (non-hydrogen) atoms. The minimum absolute atomic E-state index is 0.106. The maximum absolute atomic E-state index is 13.3. The molecule has 0 heterocycles. The lowest BCUT2D eigenvalue weighted by Gasteiger charge is -2.19. The lowest BCUT2D eigenvalue weighted by Crippen LogP contribution is -2.31. The summed E-state index contributed by atoms with van der Waals surface area (Å²) >= 11 is 6.09. The van der Waals surface area contributed by atoms with Crippen LogP contribution in [0.15, 0.2) is 78.9 Å². The summed E-state index contributed by atoms with van der Waals surface area (Å²) in [5.41, 5.74) is 1.04. The Morgan fingerprint density at radius 2 is 1.68 bits per heavy atom. The van der Waals surface area contributed by atoms with Gasteiger partial charge in [-0.25, -0.2) is 4.39 Å². The summed E-state index contributed by atoms with van der Waals surface area (Å²) in [5, 5.41) is 3.13. The number of hydrogen-bond acceptors (Lipinski definition) is 3. The number of hydrogen-bond donors (Lipinski definition) is 1. The number of benzene rings is 3. The number of carbonyl (C=O) groups excluding carboxylic acids is 2. The van der Waals surface area contributed by atoms with E-state index < -0.39 is 23.7 Å². The Morgan fingerprint density at radius 1 is 0.964 bits per heavy atom. The quantitative estimate of drug-likeness (QED) is 0.473. The molecule has 1 unspecified atom stereocenters. The first-order valence-electron chi connectivity index (χ1n) is 8.59. The van der Waals surface area contributed by atoms with Crippen LogP contribution in [0.4, 0.5) is 4.39 Å². The number of halogens is 2. The van der Waals surface area contributed by atoms with Crippen LogP contribution in [-0.2, 0) is 4.79 Å². The van der Waals surface area contributed by atoms with E-state index >= 15 is 0 Å². The third kappa shape index (κ3) is 5.18. The third-order valence-electron chi connectivity index (χ3n) is 4.02. The van der Waals surface area contributed by atoms with E-state index in [-0.39, 0.29) is 12.2 Å². The topological polar surface area (TPSA) is 55.4 Å². The first-order valence-corrected chi connectivity index (χ1v) is 8.97. The predicted molar refractivity (Wildman–Crippen MR) is 105 cm³/mol. The van der Waals surface area contributed by atoms with Crippen molar-refractivity contribution in [2.24, 2.45) is 0 Å². The molecule has 0 saturated heterocycles. The molecule has 0 fully saturated rings. The summed E-state index contributed by atoms with van der Waals surface area (Å²) in [5.74, 6) is -1.40. The summed E-state index contributed by atoms with van der Waals surface area (Å²) in [4.78, 5) is 25.0. The molecule has 6 heteroatoms. The molecule has 3 rings (SSSR count). The fourth-order valence-electron chi connectivity index (χ4n) is 2.69. The standard InChI is InChI=1S/C22H17ClFNO3/c23-19-12-5-4-11-18(19)22(27)25-20(15-7-2-1-3-8-15)14-21(26)28-17-10-6-9-16(24)13-17/h1-13,20H,14H2,(H,25,27). The average Bonchev–Trinajstić information content (AvgIpc) is 2.68. The van der Waals surface area contributed by atoms with Gasteiger partial charge in [-0.05, 0) is 29.8 Å². The molecule has 0 saturated carbocycles. The van der Waals surface area contributed by atoms with Crippen molar-refractivity contribution in [2.45, 2.75) is 12.5 Å². The number of carbonyl (C=O) groups is 2. The molecular weight excluding hydrogens is 381 g/mol. The number of esters is 1. The lowest BCUT2D eigenvalue weighted by atomic mass is 10.0. The van der Waals surface area contributed by atoms with Gasteiger partial charge in [0.25, 0.3) is 5.91 Å². The van der Waals surface area contributed by atoms with Crippen LogP contribution >= 0.6 is 11.6 Å². The molecule has 0 aliphatic heterocycles. The second kappa shape index (κ2) is 9.15. The third-order valence-corrected chi connectivity index (χ3v) is 4.35. The van der Waals surface area contributed by atoms with Gasteiger partial charge in [-0.15, -0.1) is 0 Å². The molecule has 0 aliphatic carbocycles. The fourth-order valence-corrected chi connectivity index (χ4v) is 2.91. The van der Waals surface area contributed by atoms with Crippen LogP contribution in [0.5, 0.6) is 5.75 Å². The Kier molecular flexibility index (Phi) is 6.40. The second-order valence-corrected chi connectivity index (χ2v) is 6.46. The first-order chi connectivity index (χ1) is 13.5. The Hall–Kier alpha value is -3.18. The van der Waals surface area contributed by atoms with Crippen molar-refractivity contribution in [3.05, 3.63) is 101 Å². The number of nitrogens with one attached hydrogen (secondary N) is 1. The van der Waals surface area contributed by atoms with E-state index in [0.717, 1.165) is 11.6 Å². The highest BCUT2D eigenvalue weighted by atomic mass is 35.5. The zero-order chi connectivity index (χ0) is 19.9. The van der Waals surface area contributed by atoms with Gasteiger partial charge in [0, 0.05) is 6.07 Å². The average molecular weight is 398 g/mol. The number of amides is 1. The summed E-state index contributed by atoms with van der Waals surface area (Å²) in [7, 11) is 0. The summed E-state index contributed by atoms with van der Waals surface area (Å²) in [6.45, 7) is 0. The van der Waals surface area contributed by atoms with Gasteiger partial charge >= 0.3 is 5.97 Å². The first kappa shape index (κ1) is 19.6. The van der Waals surface area contributed by atoms with Gasteiger partial charge in [-0.2, -0.15) is 0 Å². The van der Waals surface area contributed by atoms with Gasteiger partial charge in [0.05, 0.1) is 23.0 Å².